The molecule has 10 rings (SSSR count). The van der Waals surface area contributed by atoms with Gasteiger partial charge in [0.25, 0.3) is 11.1 Å². The van der Waals surface area contributed by atoms with Crippen LogP contribution in [-0.2, 0) is 81.8 Å². The van der Waals surface area contributed by atoms with E-state index in [1.807, 2.05) is 19.2 Å². The summed E-state index contributed by atoms with van der Waals surface area (Å²) >= 11 is 1.55. The van der Waals surface area contributed by atoms with E-state index in [9.17, 15) is 48.6 Å². The summed E-state index contributed by atoms with van der Waals surface area (Å²) in [6, 6.07) is 12.6. The SMILES string of the molecule is CCC(=O)N(C)CC(=O)O[C@]1(CC)C(=O)CCc2c1cc1n(c2=O)Cc2c-1nc1ccc(O)cc1c2CC.CCC(=O)NC(CCSC)C(=O)O[C@]1(CC)C(=O)CCc2c1cc1n(c2=O)CC2C(CC)=c3cc(O)ccc3=NC12. The molecular formula is C60H68N6O12S. The maximum Gasteiger partial charge on any atom is 0.330 e. The van der Waals surface area contributed by atoms with Crippen molar-refractivity contribution in [2.45, 2.75) is 149 Å². The number of nitrogens with zero attached hydrogens (tertiary/aromatic N) is 5. The van der Waals surface area contributed by atoms with E-state index in [-0.39, 0.29) is 116 Å². The summed E-state index contributed by atoms with van der Waals surface area (Å²) in [4.78, 5) is 117. The number of ketones is 2. The standard InChI is InChI=1S/C31H37N3O6S.C29H31N3O6/c1-5-18-20-14-17(35)8-10-23(20)33-28-21(18)16-34-25(28)15-22-19(29(34)38)9-11-26(36)31(22,7-3)40-30(39)24(12-13-41-4)32-27(37)6-2;1-5-17-19-12-16(33)8-10-22(19)30-27-20(17)14-32-23(27)13-21-18(28(32)37)9-11-24(34)29(21,7-3)38-26(36)15-31(4)25(35)6-2/h8,10,14-15,21,24,28,35H,5-7,9,11-13,16H2,1-4H3,(H,32,37);8,10,12-13,33H,5-7,9,11,14-15H2,1-4H3/t21?,24?,28?,31-;29-/m00/s1. The molecule has 6 heterocycles. The molecule has 79 heavy (non-hydrogen) atoms. The number of hydrogen-bond donors (Lipinski definition) is 3. The lowest BCUT2D eigenvalue weighted by Gasteiger charge is -2.37. The number of phenols is 2. The second-order valence-corrected chi connectivity index (χ2v) is 21.9. The minimum atomic E-state index is -1.61. The molecule has 0 radical (unpaired) electrons. The number of hydrogen-bond acceptors (Lipinski definition) is 15. The Kier molecular flexibility index (Phi) is 16.0. The average molecular weight is 1100 g/mol. The molecule has 19 heteroatoms. The second kappa shape index (κ2) is 22.4. The van der Waals surface area contributed by atoms with Crippen LogP contribution in [0.5, 0.6) is 11.5 Å². The first-order valence-electron chi connectivity index (χ1n) is 27.5. The van der Waals surface area contributed by atoms with Crippen LogP contribution >= 0.6 is 11.8 Å². The Morgan fingerprint density at radius 2 is 1.44 bits per heavy atom. The quantitative estimate of drug-likeness (QED) is 0.105. The zero-order valence-electron chi connectivity index (χ0n) is 46.1. The molecule has 5 atom stereocenters. The third kappa shape index (κ3) is 9.75. The van der Waals surface area contributed by atoms with Gasteiger partial charge in [0.1, 0.15) is 24.1 Å². The molecule has 0 fully saturated rings. The summed E-state index contributed by atoms with van der Waals surface area (Å²) in [6.07, 6.45) is 5.23. The molecule has 3 aromatic heterocycles. The summed E-state index contributed by atoms with van der Waals surface area (Å²) in [5.74, 6) is -1.46. The van der Waals surface area contributed by atoms with E-state index in [1.54, 1.807) is 91.1 Å². The highest BCUT2D eigenvalue weighted by Crippen LogP contribution is 2.46. The number of ether oxygens (including phenoxy) is 2. The molecule has 0 saturated carbocycles. The molecule has 2 aliphatic carbocycles. The monoisotopic (exact) mass is 1100 g/mol. The first kappa shape index (κ1) is 56.3. The minimum Gasteiger partial charge on any atom is -0.508 e. The first-order valence-corrected chi connectivity index (χ1v) is 28.9. The first-order chi connectivity index (χ1) is 37.8. The van der Waals surface area contributed by atoms with Crippen molar-refractivity contribution in [2.24, 2.45) is 10.9 Å². The Bertz CT molecular complexity index is 3640. The lowest BCUT2D eigenvalue weighted by atomic mass is 9.76. The predicted octanol–water partition coefficient (Wildman–Crippen LogP) is 5.66. The molecule has 3 unspecified atom stereocenters. The number of carbonyl (C=O) groups excluding carboxylic acids is 6. The number of esters is 2. The van der Waals surface area contributed by atoms with Crippen LogP contribution in [0.15, 0.2) is 63.1 Å². The molecule has 416 valence electrons. The molecule has 0 spiro atoms. The van der Waals surface area contributed by atoms with Gasteiger partial charge in [0.05, 0.1) is 34.8 Å². The largest absolute Gasteiger partial charge is 0.508 e. The molecule has 18 nitrogen and oxygen atoms in total. The van der Waals surface area contributed by atoms with Gasteiger partial charge in [-0.3, -0.25) is 38.6 Å². The highest BCUT2D eigenvalue weighted by molar-refractivity contribution is 7.98. The van der Waals surface area contributed by atoms with Crippen LogP contribution in [-0.4, -0.2) is 96.2 Å². The topological polar surface area (TPSA) is 246 Å². The predicted molar refractivity (Wildman–Crippen MR) is 297 cm³/mol. The lowest BCUT2D eigenvalue weighted by molar-refractivity contribution is -0.173. The van der Waals surface area contributed by atoms with Crippen molar-refractivity contribution in [3.05, 3.63) is 119 Å². The third-order valence-electron chi connectivity index (χ3n) is 16.6. The molecule has 2 aromatic carbocycles. The highest BCUT2D eigenvalue weighted by Gasteiger charge is 2.51. The Morgan fingerprint density at radius 1 is 0.797 bits per heavy atom. The van der Waals surface area contributed by atoms with Crippen molar-refractivity contribution in [1.29, 1.82) is 0 Å². The van der Waals surface area contributed by atoms with Gasteiger partial charge in [-0.1, -0.05) is 47.1 Å². The molecule has 0 saturated heterocycles. The number of aryl methyl sites for hydroxylation is 1. The summed E-state index contributed by atoms with van der Waals surface area (Å²) < 4.78 is 15.4. The Hall–Kier alpha value is -7.41. The fourth-order valence-electron chi connectivity index (χ4n) is 12.5. The number of aromatic nitrogens is 3. The van der Waals surface area contributed by atoms with E-state index in [4.69, 9.17) is 19.5 Å². The molecular weight excluding hydrogens is 1030 g/mol. The maximum absolute atomic E-state index is 14.0. The van der Waals surface area contributed by atoms with Gasteiger partial charge in [0.15, 0.2) is 22.8 Å². The van der Waals surface area contributed by atoms with Gasteiger partial charge in [0, 0.05) is 89.3 Å². The Morgan fingerprint density at radius 3 is 2.08 bits per heavy atom. The third-order valence-corrected chi connectivity index (χ3v) is 17.3. The van der Waals surface area contributed by atoms with E-state index in [1.165, 1.54) is 11.9 Å². The van der Waals surface area contributed by atoms with Gasteiger partial charge in [0.2, 0.25) is 11.8 Å². The number of amides is 2. The van der Waals surface area contributed by atoms with Crippen LogP contribution in [0.3, 0.4) is 0 Å². The van der Waals surface area contributed by atoms with E-state index < -0.39 is 29.2 Å². The van der Waals surface area contributed by atoms with Crippen molar-refractivity contribution in [2.75, 3.05) is 25.6 Å². The number of thioether (sulfide) groups is 1. The summed E-state index contributed by atoms with van der Waals surface area (Å²) in [7, 11) is 1.51. The van der Waals surface area contributed by atoms with Crippen LogP contribution in [0.4, 0.5) is 0 Å². The van der Waals surface area contributed by atoms with E-state index in [0.29, 0.717) is 76.5 Å². The van der Waals surface area contributed by atoms with E-state index >= 15 is 0 Å². The fourth-order valence-corrected chi connectivity index (χ4v) is 12.9. The van der Waals surface area contributed by atoms with Gasteiger partial charge in [-0.2, -0.15) is 11.8 Å². The zero-order valence-corrected chi connectivity index (χ0v) is 46.9. The molecule has 3 aliphatic heterocycles. The lowest BCUT2D eigenvalue weighted by Crippen LogP contribution is -2.50. The zero-order chi connectivity index (χ0) is 56.8. The van der Waals surface area contributed by atoms with E-state index in [2.05, 4.69) is 12.2 Å². The van der Waals surface area contributed by atoms with E-state index in [0.717, 1.165) is 39.1 Å². The van der Waals surface area contributed by atoms with Crippen molar-refractivity contribution in [1.82, 2.24) is 24.3 Å². The number of rotatable bonds is 15. The van der Waals surface area contributed by atoms with Crippen molar-refractivity contribution in [3.8, 4) is 22.9 Å². The fraction of sp³-hybridized carbons (Fsp3) is 0.467. The smallest absolute Gasteiger partial charge is 0.330 e. The van der Waals surface area contributed by atoms with Gasteiger partial charge in [-0.05, 0) is 111 Å². The van der Waals surface area contributed by atoms with Gasteiger partial charge >= 0.3 is 11.9 Å². The average Bonchev–Trinajstić information content (AvgIpc) is 4.20. The summed E-state index contributed by atoms with van der Waals surface area (Å²) in [5.41, 5.74) is 3.88. The number of aromatic hydroxyl groups is 2. The van der Waals surface area contributed by atoms with Gasteiger partial charge in [-0.15, -0.1) is 0 Å². The molecule has 2 amide bonds. The number of pyridine rings is 3. The van der Waals surface area contributed by atoms with Crippen molar-refractivity contribution < 1.29 is 48.5 Å². The van der Waals surface area contributed by atoms with Crippen LogP contribution in [0, 0.1) is 5.92 Å². The number of Topliss-reactive ketones (excluding diaryl/α,β-unsaturated/α-hetero) is 2. The maximum atomic E-state index is 14.0. The minimum absolute atomic E-state index is 0.0553. The number of nitrogens with one attached hydrogen (secondary N) is 1. The molecule has 0 bridgehead atoms. The van der Waals surface area contributed by atoms with Crippen LogP contribution in [0.1, 0.15) is 138 Å². The van der Waals surface area contributed by atoms with Crippen LogP contribution < -0.4 is 27.0 Å². The molecule has 5 aliphatic rings. The number of fused-ring (bicyclic) bond motifs is 10. The van der Waals surface area contributed by atoms with Crippen molar-refractivity contribution >= 4 is 63.6 Å². The number of likely N-dealkylation sites (N-methyl/N-ethyl adjacent to an activating group) is 1. The second-order valence-electron chi connectivity index (χ2n) is 20.9. The highest BCUT2D eigenvalue weighted by atomic mass is 32.2. The number of benzene rings is 2. The summed E-state index contributed by atoms with van der Waals surface area (Å²) in [5, 5.41) is 25.4. The number of phenolic OH excluding ortho intramolecular Hbond substituents is 2. The normalized spacial score (nSPS) is 20.4. The Balaban J connectivity index is 0.000000192. The van der Waals surface area contributed by atoms with Gasteiger partial charge in [-0.25, -0.2) is 9.78 Å². The summed E-state index contributed by atoms with van der Waals surface area (Å²) in [6.45, 7) is 11.6. The van der Waals surface area contributed by atoms with Crippen LogP contribution in [0.2, 0.25) is 0 Å². The van der Waals surface area contributed by atoms with Crippen LogP contribution in [0.25, 0.3) is 27.9 Å². The Labute approximate surface area is 461 Å². The van der Waals surface area contributed by atoms with Gasteiger partial charge < -0.3 is 39.0 Å². The van der Waals surface area contributed by atoms with Crippen molar-refractivity contribution in [3.63, 3.8) is 0 Å². The number of carbonyl (C=O) groups is 6. The molecule has 5 aromatic rings. The molecule has 3 N–H and O–H groups in total.